The molecule has 0 radical (unpaired) electrons. The van der Waals surface area contributed by atoms with Crippen LogP contribution in [0.1, 0.15) is 104 Å². The molecule has 4 nitrogen and oxygen atoms in total. The van der Waals surface area contributed by atoms with Crippen molar-refractivity contribution >= 4 is 11.9 Å². The Morgan fingerprint density at radius 2 is 1.30 bits per heavy atom. The second-order valence-electron chi connectivity index (χ2n) is 8.08. The number of hydrogen-bond donors (Lipinski definition) is 1. The number of ether oxygens (including phenoxy) is 1. The number of hydrogen-bond acceptors (Lipinski definition) is 4. The summed E-state index contributed by atoms with van der Waals surface area (Å²) < 4.78 is 4.89. The van der Waals surface area contributed by atoms with Crippen LogP contribution in [-0.4, -0.2) is 18.0 Å². The zero-order valence-corrected chi connectivity index (χ0v) is 21.4. The third-order valence-corrected chi connectivity index (χ3v) is 5.30. The van der Waals surface area contributed by atoms with Crippen molar-refractivity contribution in [1.29, 1.82) is 0 Å². The van der Waals surface area contributed by atoms with Gasteiger partial charge in [0.15, 0.2) is 0 Å². The first-order valence-electron chi connectivity index (χ1n) is 11.7. The monoisotopic (exact) mass is 427 g/mol. The quantitative estimate of drug-likeness (QED) is 0.179. The van der Waals surface area contributed by atoms with E-state index < -0.39 is 18.0 Å². The zero-order chi connectivity index (χ0) is 21.2. The minimum absolute atomic E-state index is 0. The Hall–Kier alpha value is -0.680. The van der Waals surface area contributed by atoms with Crippen molar-refractivity contribution in [3.05, 3.63) is 35.9 Å². The van der Waals surface area contributed by atoms with Crippen LogP contribution in [0.5, 0.6) is 0 Å². The summed E-state index contributed by atoms with van der Waals surface area (Å²) >= 11 is 0. The molecule has 0 aliphatic heterocycles. The molecule has 0 aliphatic carbocycles. The van der Waals surface area contributed by atoms with Crippen LogP contribution in [0.15, 0.2) is 30.3 Å². The van der Waals surface area contributed by atoms with Crippen LogP contribution >= 0.6 is 0 Å². The Balaban J connectivity index is 0. The van der Waals surface area contributed by atoms with Crippen molar-refractivity contribution in [3.63, 3.8) is 0 Å². The second-order valence-corrected chi connectivity index (χ2v) is 8.08. The van der Waals surface area contributed by atoms with Crippen molar-refractivity contribution in [1.82, 2.24) is 0 Å². The summed E-state index contributed by atoms with van der Waals surface area (Å²) in [5.74, 6) is -1.09. The van der Waals surface area contributed by atoms with Gasteiger partial charge in [-0.1, -0.05) is 114 Å². The van der Waals surface area contributed by atoms with Gasteiger partial charge in [0.25, 0.3) is 0 Å². The summed E-state index contributed by atoms with van der Waals surface area (Å²) in [7, 11) is 0. The van der Waals surface area contributed by atoms with Gasteiger partial charge >= 0.3 is 41.5 Å². The molecule has 2 N–H and O–H groups in total. The summed E-state index contributed by atoms with van der Waals surface area (Å²) in [4.78, 5) is 23.7. The topological polar surface area (TPSA) is 69.4 Å². The van der Waals surface area contributed by atoms with Crippen LogP contribution in [0.4, 0.5) is 0 Å². The van der Waals surface area contributed by atoms with Crippen molar-refractivity contribution in [2.24, 2.45) is 5.73 Å². The van der Waals surface area contributed by atoms with E-state index >= 15 is 0 Å². The van der Waals surface area contributed by atoms with Crippen molar-refractivity contribution in [2.45, 2.75) is 109 Å². The Labute approximate surface area is 207 Å². The van der Waals surface area contributed by atoms with E-state index in [4.69, 9.17) is 10.5 Å². The fraction of sp³-hybridized carbons (Fsp3) is 0.680. The van der Waals surface area contributed by atoms with Crippen LogP contribution in [0.2, 0.25) is 0 Å². The van der Waals surface area contributed by atoms with Crippen LogP contribution < -0.4 is 35.3 Å². The molecule has 1 aromatic carbocycles. The predicted molar refractivity (Wildman–Crippen MR) is 121 cm³/mol. The standard InChI is InChI=1S/C25H41NO3.Na.H/c1-2-3-4-5-6-7-8-9-10-11-12-13-17-20-24(27)29-25(28)23(26)21-22-18-15-14-16-19-22;;/h14-16,18-19,23H,2-13,17,20-21,26H2,1H3;;/q;+1;-1. The number of esters is 2. The molecule has 0 heterocycles. The van der Waals surface area contributed by atoms with E-state index in [9.17, 15) is 9.59 Å². The van der Waals surface area contributed by atoms with Crippen LogP contribution in [0.3, 0.4) is 0 Å². The Morgan fingerprint density at radius 3 is 1.80 bits per heavy atom. The number of rotatable bonds is 17. The molecule has 0 bridgehead atoms. The molecule has 5 heteroatoms. The van der Waals surface area contributed by atoms with Crippen molar-refractivity contribution in [3.8, 4) is 0 Å². The Kier molecular flexibility index (Phi) is 19.8. The van der Waals surface area contributed by atoms with Gasteiger partial charge in [-0.15, -0.1) is 0 Å². The van der Waals surface area contributed by atoms with E-state index in [1.807, 2.05) is 30.3 Å². The van der Waals surface area contributed by atoms with Crippen molar-refractivity contribution < 1.29 is 45.3 Å². The van der Waals surface area contributed by atoms with E-state index in [2.05, 4.69) is 6.92 Å². The summed E-state index contributed by atoms with van der Waals surface area (Å²) in [6, 6.07) is 8.71. The summed E-state index contributed by atoms with van der Waals surface area (Å²) in [5.41, 5.74) is 6.80. The minimum atomic E-state index is -0.798. The first-order chi connectivity index (χ1) is 14.1. The third-order valence-electron chi connectivity index (χ3n) is 5.30. The van der Waals surface area contributed by atoms with Crippen molar-refractivity contribution in [2.75, 3.05) is 0 Å². The maximum atomic E-state index is 11.9. The molecule has 1 atom stereocenters. The number of carbonyl (C=O) groups is 2. The molecule has 0 aromatic heterocycles. The Bertz CT molecular complexity index is 557. The van der Waals surface area contributed by atoms with Gasteiger partial charge in [-0.05, 0) is 18.4 Å². The smallest absolute Gasteiger partial charge is 1.00 e. The summed E-state index contributed by atoms with van der Waals surface area (Å²) in [5, 5.41) is 0. The molecule has 0 spiro atoms. The maximum Gasteiger partial charge on any atom is 1.00 e. The second kappa shape index (κ2) is 20.2. The molecule has 1 unspecified atom stereocenters. The van der Waals surface area contributed by atoms with Gasteiger partial charge in [-0.3, -0.25) is 4.79 Å². The van der Waals surface area contributed by atoms with E-state index in [1.165, 1.54) is 64.2 Å². The molecule has 1 rings (SSSR count). The van der Waals surface area contributed by atoms with E-state index in [1.54, 1.807) is 0 Å². The molecular formula is C25H42NNaO3. The summed E-state index contributed by atoms with van der Waals surface area (Å²) in [6.07, 6.45) is 17.0. The van der Waals surface area contributed by atoms with Crippen LogP contribution in [0.25, 0.3) is 0 Å². The predicted octanol–water partition coefficient (Wildman–Crippen LogP) is 3.22. The van der Waals surface area contributed by atoms with Crippen LogP contribution in [0, 0.1) is 0 Å². The van der Waals surface area contributed by atoms with Gasteiger partial charge in [-0.25, -0.2) is 4.79 Å². The zero-order valence-electron chi connectivity index (χ0n) is 20.4. The van der Waals surface area contributed by atoms with E-state index in [0.29, 0.717) is 12.8 Å². The number of nitrogens with two attached hydrogens (primary N) is 1. The minimum Gasteiger partial charge on any atom is -1.00 e. The van der Waals surface area contributed by atoms with E-state index in [-0.39, 0.29) is 31.0 Å². The number of carbonyl (C=O) groups excluding carboxylic acids is 2. The van der Waals surface area contributed by atoms with Gasteiger partial charge in [0.05, 0.1) is 0 Å². The van der Waals surface area contributed by atoms with Gasteiger partial charge in [0, 0.05) is 6.42 Å². The van der Waals surface area contributed by atoms with Gasteiger partial charge in [0.2, 0.25) is 0 Å². The molecule has 30 heavy (non-hydrogen) atoms. The largest absolute Gasteiger partial charge is 1.00 e. The first kappa shape index (κ1) is 29.3. The molecule has 0 fully saturated rings. The number of unbranched alkanes of at least 4 members (excludes halogenated alkanes) is 12. The normalized spacial score (nSPS) is 11.5. The average Bonchev–Trinajstić information content (AvgIpc) is 2.72. The molecule has 0 amide bonds. The first-order valence-corrected chi connectivity index (χ1v) is 11.7. The molecule has 1 aromatic rings. The third kappa shape index (κ3) is 16.1. The SMILES string of the molecule is CCCCCCCCCCCCCCCC(=O)OC(=O)C(N)Cc1ccccc1.[H-].[Na+]. The number of benzene rings is 1. The van der Waals surface area contributed by atoms with Gasteiger partial charge < -0.3 is 11.9 Å². The fourth-order valence-electron chi connectivity index (χ4n) is 3.48. The molecular weight excluding hydrogens is 385 g/mol. The van der Waals surface area contributed by atoms with E-state index in [0.717, 1.165) is 24.8 Å². The molecule has 0 saturated heterocycles. The van der Waals surface area contributed by atoms with Gasteiger partial charge in [0.1, 0.15) is 6.04 Å². The Morgan fingerprint density at radius 1 is 0.833 bits per heavy atom. The summed E-state index contributed by atoms with van der Waals surface area (Å²) in [6.45, 7) is 2.26. The average molecular weight is 428 g/mol. The maximum absolute atomic E-state index is 11.9. The molecule has 0 saturated carbocycles. The molecule has 166 valence electrons. The van der Waals surface area contributed by atoms with Gasteiger partial charge in [-0.2, -0.15) is 0 Å². The molecule has 0 aliphatic rings. The fourth-order valence-corrected chi connectivity index (χ4v) is 3.48. The van der Waals surface area contributed by atoms with Crippen LogP contribution in [-0.2, 0) is 20.7 Å².